The predicted molar refractivity (Wildman–Crippen MR) is 84.7 cm³/mol. The Hall–Kier alpha value is -1.81. The van der Waals surface area contributed by atoms with E-state index in [1.54, 1.807) is 0 Å². The molecule has 0 aliphatic heterocycles. The second-order valence-corrected chi connectivity index (χ2v) is 6.21. The van der Waals surface area contributed by atoms with Crippen molar-refractivity contribution in [3.8, 4) is 0 Å². The standard InChI is InChI=1S/C16H15BrN2O/c1-16(2,10-6-8-11(18)9-7-10)15-19-13-5-3-4-12(17)14(13)20-15/h3-9H,18H2,1-2H3. The van der Waals surface area contributed by atoms with Crippen molar-refractivity contribution in [2.75, 3.05) is 5.73 Å². The molecule has 3 aromatic rings. The first kappa shape index (κ1) is 13.2. The monoisotopic (exact) mass is 330 g/mol. The molecule has 3 nitrogen and oxygen atoms in total. The van der Waals surface area contributed by atoms with Crippen molar-refractivity contribution >= 4 is 32.7 Å². The van der Waals surface area contributed by atoms with Gasteiger partial charge < -0.3 is 10.2 Å². The topological polar surface area (TPSA) is 52.0 Å². The molecule has 0 atom stereocenters. The number of benzene rings is 2. The van der Waals surface area contributed by atoms with E-state index in [0.29, 0.717) is 5.89 Å². The van der Waals surface area contributed by atoms with Crippen LogP contribution in [-0.4, -0.2) is 4.98 Å². The van der Waals surface area contributed by atoms with Gasteiger partial charge in [0.15, 0.2) is 5.58 Å². The van der Waals surface area contributed by atoms with E-state index in [4.69, 9.17) is 10.2 Å². The van der Waals surface area contributed by atoms with Gasteiger partial charge in [-0.25, -0.2) is 4.98 Å². The number of halogens is 1. The molecule has 0 radical (unpaired) electrons. The Morgan fingerprint density at radius 2 is 1.80 bits per heavy atom. The zero-order valence-corrected chi connectivity index (χ0v) is 12.9. The fraction of sp³-hybridized carbons (Fsp3) is 0.188. The van der Waals surface area contributed by atoms with Crippen molar-refractivity contribution in [1.82, 2.24) is 4.98 Å². The number of hydrogen-bond acceptors (Lipinski definition) is 3. The average Bonchev–Trinajstić information content (AvgIpc) is 2.85. The highest BCUT2D eigenvalue weighted by Crippen LogP contribution is 2.35. The van der Waals surface area contributed by atoms with E-state index in [9.17, 15) is 0 Å². The van der Waals surface area contributed by atoms with Gasteiger partial charge in [-0.05, 0) is 59.6 Å². The first-order valence-electron chi connectivity index (χ1n) is 6.40. The summed E-state index contributed by atoms with van der Waals surface area (Å²) in [6.45, 7) is 4.19. The zero-order chi connectivity index (χ0) is 14.3. The molecule has 0 spiro atoms. The number of anilines is 1. The van der Waals surface area contributed by atoms with Gasteiger partial charge in [0.2, 0.25) is 5.89 Å². The number of hydrogen-bond donors (Lipinski definition) is 1. The molecule has 2 aromatic carbocycles. The lowest BCUT2D eigenvalue weighted by Crippen LogP contribution is -2.19. The summed E-state index contributed by atoms with van der Waals surface area (Å²) in [6.07, 6.45) is 0. The van der Waals surface area contributed by atoms with Gasteiger partial charge in [0.1, 0.15) is 5.52 Å². The molecule has 102 valence electrons. The number of aromatic nitrogens is 1. The van der Waals surface area contributed by atoms with E-state index in [1.165, 1.54) is 0 Å². The molecule has 1 aromatic heterocycles. The Balaban J connectivity index is 2.13. The average molecular weight is 331 g/mol. The van der Waals surface area contributed by atoms with Gasteiger partial charge in [0.05, 0.1) is 9.89 Å². The highest BCUT2D eigenvalue weighted by atomic mass is 79.9. The third-order valence-corrected chi connectivity index (χ3v) is 4.16. The second kappa shape index (κ2) is 4.63. The van der Waals surface area contributed by atoms with Crippen molar-refractivity contribution in [3.05, 3.63) is 58.4 Å². The lowest BCUT2D eigenvalue weighted by atomic mass is 9.84. The third-order valence-electron chi connectivity index (χ3n) is 3.53. The molecule has 0 aliphatic rings. The lowest BCUT2D eigenvalue weighted by molar-refractivity contribution is 0.433. The van der Waals surface area contributed by atoms with Crippen molar-refractivity contribution in [3.63, 3.8) is 0 Å². The Morgan fingerprint density at radius 1 is 1.10 bits per heavy atom. The maximum atomic E-state index is 5.96. The molecule has 0 saturated heterocycles. The minimum atomic E-state index is -0.313. The molecule has 2 N–H and O–H groups in total. The van der Waals surface area contributed by atoms with Crippen LogP contribution in [0.3, 0.4) is 0 Å². The molecule has 1 heterocycles. The van der Waals surface area contributed by atoms with E-state index in [2.05, 4.69) is 34.8 Å². The molecular weight excluding hydrogens is 316 g/mol. The number of nitrogens with zero attached hydrogens (tertiary/aromatic N) is 1. The smallest absolute Gasteiger partial charge is 0.205 e. The fourth-order valence-corrected chi connectivity index (χ4v) is 2.64. The first-order chi connectivity index (χ1) is 9.48. The maximum Gasteiger partial charge on any atom is 0.205 e. The molecular formula is C16H15BrN2O. The van der Waals surface area contributed by atoms with Gasteiger partial charge in [-0.2, -0.15) is 0 Å². The molecule has 20 heavy (non-hydrogen) atoms. The van der Waals surface area contributed by atoms with Crippen LogP contribution in [0.2, 0.25) is 0 Å². The van der Waals surface area contributed by atoms with Gasteiger partial charge in [0.25, 0.3) is 0 Å². The largest absolute Gasteiger partial charge is 0.439 e. The van der Waals surface area contributed by atoms with Gasteiger partial charge in [-0.15, -0.1) is 0 Å². The van der Waals surface area contributed by atoms with Crippen molar-refractivity contribution < 1.29 is 4.42 Å². The van der Waals surface area contributed by atoms with Gasteiger partial charge in [0, 0.05) is 5.69 Å². The molecule has 0 amide bonds. The molecule has 4 heteroatoms. The predicted octanol–water partition coefficient (Wildman–Crippen LogP) is 4.50. The van der Waals surface area contributed by atoms with Crippen LogP contribution >= 0.6 is 15.9 Å². The van der Waals surface area contributed by atoms with Crippen LogP contribution in [-0.2, 0) is 5.41 Å². The summed E-state index contributed by atoms with van der Waals surface area (Å²) in [5.74, 6) is 0.698. The molecule has 0 bridgehead atoms. The number of oxazole rings is 1. The zero-order valence-electron chi connectivity index (χ0n) is 11.4. The second-order valence-electron chi connectivity index (χ2n) is 5.35. The normalized spacial score (nSPS) is 11.9. The van der Waals surface area contributed by atoms with Gasteiger partial charge >= 0.3 is 0 Å². The van der Waals surface area contributed by atoms with Gasteiger partial charge in [-0.3, -0.25) is 0 Å². The summed E-state index contributed by atoms with van der Waals surface area (Å²) in [4.78, 5) is 4.62. The minimum absolute atomic E-state index is 0.313. The van der Waals surface area contributed by atoms with Crippen molar-refractivity contribution in [2.24, 2.45) is 0 Å². The number of para-hydroxylation sites is 1. The van der Waals surface area contributed by atoms with E-state index < -0.39 is 0 Å². The van der Waals surface area contributed by atoms with Crippen LogP contribution in [0.15, 0.2) is 51.4 Å². The number of fused-ring (bicyclic) bond motifs is 1. The van der Waals surface area contributed by atoms with E-state index in [1.807, 2.05) is 42.5 Å². The van der Waals surface area contributed by atoms with Crippen molar-refractivity contribution in [2.45, 2.75) is 19.3 Å². The van der Waals surface area contributed by atoms with Gasteiger partial charge in [-0.1, -0.05) is 18.2 Å². The molecule has 0 aliphatic carbocycles. The van der Waals surface area contributed by atoms with Crippen molar-refractivity contribution in [1.29, 1.82) is 0 Å². The molecule has 0 saturated carbocycles. The minimum Gasteiger partial charge on any atom is -0.439 e. The summed E-state index contributed by atoms with van der Waals surface area (Å²) < 4.78 is 6.88. The highest BCUT2D eigenvalue weighted by Gasteiger charge is 2.29. The quantitative estimate of drug-likeness (QED) is 0.704. The Labute approximate surface area is 125 Å². The summed E-state index contributed by atoms with van der Waals surface area (Å²) in [6, 6.07) is 13.7. The highest BCUT2D eigenvalue weighted by molar-refractivity contribution is 9.10. The SMILES string of the molecule is CC(C)(c1ccc(N)cc1)c1nc2cccc(Br)c2o1. The number of nitrogen functional groups attached to an aromatic ring is 1. The molecule has 0 unspecified atom stereocenters. The third kappa shape index (κ3) is 2.10. The summed E-state index contributed by atoms with van der Waals surface area (Å²) in [5.41, 5.74) is 8.95. The van der Waals surface area contributed by atoms with Crippen LogP contribution in [0.25, 0.3) is 11.1 Å². The number of rotatable bonds is 2. The van der Waals surface area contributed by atoms with E-state index in [0.717, 1.165) is 26.8 Å². The first-order valence-corrected chi connectivity index (χ1v) is 7.19. The summed E-state index contributed by atoms with van der Waals surface area (Å²) in [5, 5.41) is 0. The van der Waals surface area contributed by atoms with Crippen LogP contribution < -0.4 is 5.73 Å². The molecule has 3 rings (SSSR count). The van der Waals surface area contributed by atoms with Crippen LogP contribution in [0, 0.1) is 0 Å². The lowest BCUT2D eigenvalue weighted by Gasteiger charge is -2.21. The Kier molecular flexibility index (Phi) is 3.05. The Bertz CT molecular complexity index is 760. The maximum absolute atomic E-state index is 5.96. The Morgan fingerprint density at radius 3 is 2.45 bits per heavy atom. The van der Waals surface area contributed by atoms with Crippen LogP contribution in [0.5, 0.6) is 0 Å². The molecule has 0 fully saturated rings. The van der Waals surface area contributed by atoms with E-state index in [-0.39, 0.29) is 5.41 Å². The van der Waals surface area contributed by atoms with E-state index >= 15 is 0 Å². The number of nitrogens with two attached hydrogens (primary N) is 1. The summed E-state index contributed by atoms with van der Waals surface area (Å²) >= 11 is 3.49. The van der Waals surface area contributed by atoms with Crippen LogP contribution in [0.1, 0.15) is 25.3 Å². The fourth-order valence-electron chi connectivity index (χ4n) is 2.21. The van der Waals surface area contributed by atoms with Crippen LogP contribution in [0.4, 0.5) is 5.69 Å². The summed E-state index contributed by atoms with van der Waals surface area (Å²) in [7, 11) is 0.